The van der Waals surface area contributed by atoms with Crippen LogP contribution in [0.2, 0.25) is 0 Å². The van der Waals surface area contributed by atoms with Crippen molar-refractivity contribution in [3.05, 3.63) is 112 Å². The monoisotopic (exact) mass is 547 g/mol. The van der Waals surface area contributed by atoms with Crippen LogP contribution in [0.5, 0.6) is 5.75 Å². The van der Waals surface area contributed by atoms with Crippen molar-refractivity contribution in [3.63, 3.8) is 0 Å². The van der Waals surface area contributed by atoms with Crippen molar-refractivity contribution in [1.29, 1.82) is 5.26 Å². The number of hydrogen-bond acceptors (Lipinski definition) is 6. The number of carboxylic acid groups (broad SMARTS) is 1. The van der Waals surface area contributed by atoms with Crippen LogP contribution in [0, 0.1) is 11.3 Å². The Kier molecular flexibility index (Phi) is 7.40. The fourth-order valence-electron chi connectivity index (χ4n) is 4.80. The number of aliphatic carboxylic acids is 1. The molecule has 5 rings (SSSR count). The molecule has 9 nitrogen and oxygen atoms in total. The molecule has 0 bridgehead atoms. The highest BCUT2D eigenvalue weighted by Gasteiger charge is 2.29. The molecule has 2 aromatic heterocycles. The average Bonchev–Trinajstić information content (AvgIpc) is 3.45. The second kappa shape index (κ2) is 11.1. The predicted octanol–water partition coefficient (Wildman–Crippen LogP) is 5.20. The lowest BCUT2D eigenvalue weighted by Crippen LogP contribution is -2.37. The molecule has 9 heteroatoms. The summed E-state index contributed by atoms with van der Waals surface area (Å²) >= 11 is 0. The minimum atomic E-state index is -1.40. The van der Waals surface area contributed by atoms with Crippen LogP contribution in [-0.2, 0) is 17.6 Å². The first-order valence-corrected chi connectivity index (χ1v) is 13.3. The number of carboxylic acids is 1. The van der Waals surface area contributed by atoms with E-state index < -0.39 is 11.6 Å². The Bertz CT molecular complexity index is 1830. The number of benzene rings is 3. The SMILES string of the molecule is CCCc1c(Cc2ccc(-c3ccccc3C#N)cc2)c(=O)n(-c2ccc(OC(C)(C)C(=O)O)cc2)c2ncnn12. The molecule has 0 saturated heterocycles. The minimum absolute atomic E-state index is 0.201. The van der Waals surface area contributed by atoms with Gasteiger partial charge in [-0.05, 0) is 67.3 Å². The van der Waals surface area contributed by atoms with Crippen molar-refractivity contribution in [3.8, 4) is 28.6 Å². The summed E-state index contributed by atoms with van der Waals surface area (Å²) in [6, 6.07) is 24.3. The van der Waals surface area contributed by atoms with E-state index in [0.717, 1.165) is 28.8 Å². The van der Waals surface area contributed by atoms with E-state index in [1.165, 1.54) is 24.7 Å². The lowest BCUT2D eigenvalue weighted by molar-refractivity contribution is -0.152. The molecule has 0 amide bonds. The predicted molar refractivity (Wildman–Crippen MR) is 154 cm³/mol. The third kappa shape index (κ3) is 5.32. The molecule has 0 aliphatic rings. The zero-order valence-electron chi connectivity index (χ0n) is 23.0. The second-order valence-corrected chi connectivity index (χ2v) is 10.2. The van der Waals surface area contributed by atoms with Crippen LogP contribution in [0.25, 0.3) is 22.6 Å². The maximum absolute atomic E-state index is 14.1. The molecule has 0 spiro atoms. The Hall–Kier alpha value is -5.23. The lowest BCUT2D eigenvalue weighted by atomic mass is 9.97. The van der Waals surface area contributed by atoms with Crippen molar-refractivity contribution in [1.82, 2.24) is 19.2 Å². The van der Waals surface area contributed by atoms with Crippen molar-refractivity contribution < 1.29 is 14.6 Å². The average molecular weight is 548 g/mol. The number of carbonyl (C=O) groups is 1. The summed E-state index contributed by atoms with van der Waals surface area (Å²) in [5, 5.41) is 23.3. The highest BCUT2D eigenvalue weighted by molar-refractivity contribution is 5.76. The van der Waals surface area contributed by atoms with Gasteiger partial charge in [0.2, 0.25) is 5.78 Å². The van der Waals surface area contributed by atoms with Crippen LogP contribution in [0.3, 0.4) is 0 Å². The van der Waals surface area contributed by atoms with Gasteiger partial charge in [-0.2, -0.15) is 15.3 Å². The van der Waals surface area contributed by atoms with Gasteiger partial charge in [0, 0.05) is 12.0 Å². The van der Waals surface area contributed by atoms with E-state index >= 15 is 0 Å². The summed E-state index contributed by atoms with van der Waals surface area (Å²) < 4.78 is 8.87. The van der Waals surface area contributed by atoms with Gasteiger partial charge < -0.3 is 9.84 Å². The van der Waals surface area contributed by atoms with E-state index in [4.69, 9.17) is 4.74 Å². The maximum atomic E-state index is 14.1. The number of nitrogens with zero attached hydrogens (tertiary/aromatic N) is 5. The van der Waals surface area contributed by atoms with E-state index in [9.17, 15) is 20.0 Å². The first-order valence-electron chi connectivity index (χ1n) is 13.3. The molecule has 2 heterocycles. The van der Waals surface area contributed by atoms with Gasteiger partial charge in [-0.3, -0.25) is 4.79 Å². The van der Waals surface area contributed by atoms with Gasteiger partial charge in [0.25, 0.3) is 5.56 Å². The summed E-state index contributed by atoms with van der Waals surface area (Å²) in [6.45, 7) is 5.00. The van der Waals surface area contributed by atoms with Crippen molar-refractivity contribution in [2.45, 2.75) is 45.6 Å². The number of hydrogen-bond donors (Lipinski definition) is 1. The molecule has 0 atom stereocenters. The Morgan fingerprint density at radius 2 is 1.76 bits per heavy atom. The molecule has 1 N–H and O–H groups in total. The molecule has 0 unspecified atom stereocenters. The summed E-state index contributed by atoms with van der Waals surface area (Å²) in [5.74, 6) is -0.320. The molecule has 41 heavy (non-hydrogen) atoms. The smallest absolute Gasteiger partial charge is 0.347 e. The quantitative estimate of drug-likeness (QED) is 0.269. The van der Waals surface area contributed by atoms with Crippen LogP contribution < -0.4 is 10.3 Å². The third-order valence-corrected chi connectivity index (χ3v) is 6.96. The highest BCUT2D eigenvalue weighted by Crippen LogP contribution is 2.25. The first kappa shape index (κ1) is 27.3. The van der Waals surface area contributed by atoms with Crippen LogP contribution in [0.4, 0.5) is 0 Å². The Morgan fingerprint density at radius 3 is 2.41 bits per heavy atom. The van der Waals surface area contributed by atoms with E-state index in [-0.39, 0.29) is 5.56 Å². The standard InChI is InChI=1S/C32H29N5O4/c1-4-7-28-27(18-21-10-12-22(13-11-21)26-9-6-5-8-23(26)19-33)29(38)36(31-34-20-35-37(28)31)24-14-16-25(17-15-24)41-32(2,3)30(39)40/h5-6,8-17,20H,4,7,18H2,1-3H3,(H,39,40). The van der Waals surface area contributed by atoms with E-state index in [1.807, 2.05) is 42.5 Å². The fraction of sp³-hybridized carbons (Fsp3) is 0.219. The van der Waals surface area contributed by atoms with Gasteiger partial charge >= 0.3 is 5.97 Å². The number of aromatic nitrogens is 4. The van der Waals surface area contributed by atoms with Gasteiger partial charge in [-0.15, -0.1) is 0 Å². The molecule has 0 aliphatic heterocycles. The number of nitriles is 1. The van der Waals surface area contributed by atoms with Gasteiger partial charge in [0.15, 0.2) is 5.60 Å². The van der Waals surface area contributed by atoms with E-state index in [2.05, 4.69) is 23.1 Å². The second-order valence-electron chi connectivity index (χ2n) is 10.2. The lowest BCUT2D eigenvalue weighted by Gasteiger charge is -2.21. The topological polar surface area (TPSA) is 123 Å². The molecule has 5 aromatic rings. The Labute approximate surface area is 236 Å². The van der Waals surface area contributed by atoms with Gasteiger partial charge in [0.05, 0.1) is 23.0 Å². The summed E-state index contributed by atoms with van der Waals surface area (Å²) in [6.07, 6.45) is 3.29. The Balaban J connectivity index is 1.56. The van der Waals surface area contributed by atoms with Crippen LogP contribution in [-0.4, -0.2) is 35.8 Å². The van der Waals surface area contributed by atoms with Crippen LogP contribution in [0.15, 0.2) is 83.9 Å². The number of rotatable bonds is 9. The van der Waals surface area contributed by atoms with E-state index in [0.29, 0.717) is 41.2 Å². The minimum Gasteiger partial charge on any atom is -0.478 e. The molecule has 206 valence electrons. The van der Waals surface area contributed by atoms with E-state index in [1.54, 1.807) is 34.8 Å². The number of fused-ring (bicyclic) bond motifs is 1. The molecule has 0 aliphatic carbocycles. The van der Waals surface area contributed by atoms with Crippen molar-refractivity contribution in [2.24, 2.45) is 0 Å². The first-order chi connectivity index (χ1) is 19.7. The normalized spacial score (nSPS) is 11.4. The zero-order chi connectivity index (χ0) is 29.1. The highest BCUT2D eigenvalue weighted by atomic mass is 16.5. The summed E-state index contributed by atoms with van der Waals surface area (Å²) in [4.78, 5) is 30.0. The van der Waals surface area contributed by atoms with Gasteiger partial charge in [-0.1, -0.05) is 55.8 Å². The Morgan fingerprint density at radius 1 is 1.05 bits per heavy atom. The molecule has 3 aromatic carbocycles. The summed E-state index contributed by atoms with van der Waals surface area (Å²) in [5.41, 5.74) is 3.71. The van der Waals surface area contributed by atoms with Crippen LogP contribution in [0.1, 0.15) is 49.6 Å². The molecule has 0 fully saturated rings. The van der Waals surface area contributed by atoms with Gasteiger partial charge in [0.1, 0.15) is 12.1 Å². The molecule has 0 radical (unpaired) electrons. The van der Waals surface area contributed by atoms with Gasteiger partial charge in [-0.25, -0.2) is 13.9 Å². The van der Waals surface area contributed by atoms with Crippen molar-refractivity contribution in [2.75, 3.05) is 0 Å². The van der Waals surface area contributed by atoms with Crippen LogP contribution >= 0.6 is 0 Å². The number of aryl methyl sites for hydroxylation is 1. The fourth-order valence-corrected chi connectivity index (χ4v) is 4.80. The maximum Gasteiger partial charge on any atom is 0.347 e. The molecule has 0 saturated carbocycles. The summed E-state index contributed by atoms with van der Waals surface area (Å²) in [7, 11) is 0. The zero-order valence-corrected chi connectivity index (χ0v) is 23.0. The molecular formula is C32H29N5O4. The van der Waals surface area contributed by atoms with Crippen molar-refractivity contribution >= 4 is 11.7 Å². The molecular weight excluding hydrogens is 518 g/mol. The largest absolute Gasteiger partial charge is 0.478 e. The number of ether oxygens (including phenoxy) is 1. The third-order valence-electron chi connectivity index (χ3n) is 6.96.